The van der Waals surface area contributed by atoms with Gasteiger partial charge in [-0.2, -0.15) is 0 Å². The number of ketones is 1. The van der Waals surface area contributed by atoms with Crippen LogP contribution in [0.25, 0.3) is 0 Å². The summed E-state index contributed by atoms with van der Waals surface area (Å²) < 4.78 is 19.0. The summed E-state index contributed by atoms with van der Waals surface area (Å²) in [6.45, 7) is 7.45. The van der Waals surface area contributed by atoms with Gasteiger partial charge in [-0.3, -0.25) is 4.79 Å². The van der Waals surface area contributed by atoms with Crippen molar-refractivity contribution in [3.8, 4) is 0 Å². The van der Waals surface area contributed by atoms with Gasteiger partial charge in [0, 0.05) is 0 Å². The number of rotatable bonds is 13. The minimum absolute atomic E-state index is 0.0541. The van der Waals surface area contributed by atoms with Crippen molar-refractivity contribution in [2.75, 3.05) is 13.2 Å². The molecular formula is C34H38O4Si. The molecule has 4 aromatic rings. The molecule has 0 saturated heterocycles. The summed E-state index contributed by atoms with van der Waals surface area (Å²) in [4.78, 5) is 13.7. The van der Waals surface area contributed by atoms with Gasteiger partial charge in [0.15, 0.2) is 5.78 Å². The second kappa shape index (κ2) is 13.6. The largest absolute Gasteiger partial charge is 0.400 e. The normalized spacial score (nSPS) is 12.7. The Bertz CT molecular complexity index is 1230. The maximum atomic E-state index is 13.7. The van der Waals surface area contributed by atoms with Crippen LogP contribution in [0.15, 0.2) is 121 Å². The number of Topliss-reactive ketones (excluding diaryl/α,β-unsaturated/α-hetero) is 1. The van der Waals surface area contributed by atoms with Gasteiger partial charge in [-0.05, 0) is 26.5 Å². The van der Waals surface area contributed by atoms with Crippen molar-refractivity contribution in [3.63, 3.8) is 0 Å². The van der Waals surface area contributed by atoms with E-state index in [9.17, 15) is 4.79 Å². The molecule has 0 spiro atoms. The van der Waals surface area contributed by atoms with Gasteiger partial charge in [0.05, 0.1) is 26.4 Å². The summed E-state index contributed by atoms with van der Waals surface area (Å²) in [7, 11) is -2.85. The number of hydrogen-bond donors (Lipinski definition) is 0. The van der Waals surface area contributed by atoms with Gasteiger partial charge in [0.1, 0.15) is 6.10 Å². The van der Waals surface area contributed by atoms with E-state index in [4.69, 9.17) is 13.9 Å². The van der Waals surface area contributed by atoms with Gasteiger partial charge in [-0.25, -0.2) is 0 Å². The molecule has 0 amide bonds. The average molecular weight is 539 g/mol. The van der Waals surface area contributed by atoms with Gasteiger partial charge < -0.3 is 13.9 Å². The van der Waals surface area contributed by atoms with E-state index >= 15 is 0 Å². The third-order valence-electron chi connectivity index (χ3n) is 6.88. The molecule has 0 N–H and O–H groups in total. The highest BCUT2D eigenvalue weighted by Crippen LogP contribution is 2.36. The molecule has 4 nitrogen and oxygen atoms in total. The molecule has 0 aromatic heterocycles. The van der Waals surface area contributed by atoms with Crippen LogP contribution in [0.2, 0.25) is 5.04 Å². The van der Waals surface area contributed by atoms with Gasteiger partial charge in [0.25, 0.3) is 8.32 Å². The number of ether oxygens (including phenoxy) is 2. The fraction of sp³-hybridized carbons (Fsp3) is 0.265. The molecule has 39 heavy (non-hydrogen) atoms. The van der Waals surface area contributed by atoms with Gasteiger partial charge in [-0.1, -0.05) is 142 Å². The van der Waals surface area contributed by atoms with Gasteiger partial charge in [0.2, 0.25) is 0 Å². The molecule has 0 aliphatic rings. The predicted molar refractivity (Wildman–Crippen MR) is 160 cm³/mol. The molecule has 0 aliphatic heterocycles. The summed E-state index contributed by atoms with van der Waals surface area (Å²) in [5.74, 6) is -0.119. The first-order valence-electron chi connectivity index (χ1n) is 13.4. The van der Waals surface area contributed by atoms with Crippen LogP contribution in [0.1, 0.15) is 31.9 Å². The van der Waals surface area contributed by atoms with Crippen molar-refractivity contribution < 1.29 is 18.7 Å². The summed E-state index contributed by atoms with van der Waals surface area (Å²) in [5, 5.41) is 2.05. The first-order valence-corrected chi connectivity index (χ1v) is 15.4. The molecule has 4 aromatic carbocycles. The van der Waals surface area contributed by atoms with Crippen molar-refractivity contribution in [2.24, 2.45) is 0 Å². The summed E-state index contributed by atoms with van der Waals surface area (Å²) in [5.41, 5.74) is 2.06. The fourth-order valence-electron chi connectivity index (χ4n) is 4.90. The minimum Gasteiger partial charge on any atom is -0.400 e. The van der Waals surface area contributed by atoms with Crippen molar-refractivity contribution in [1.82, 2.24) is 0 Å². The van der Waals surface area contributed by atoms with E-state index in [-0.39, 0.29) is 24.0 Å². The van der Waals surface area contributed by atoms with E-state index in [1.807, 2.05) is 97.1 Å². The zero-order valence-electron chi connectivity index (χ0n) is 23.1. The second-order valence-electron chi connectivity index (χ2n) is 10.7. The molecule has 0 radical (unpaired) electrons. The lowest BCUT2D eigenvalue weighted by Gasteiger charge is -2.43. The molecule has 0 saturated carbocycles. The third-order valence-corrected chi connectivity index (χ3v) is 11.9. The van der Waals surface area contributed by atoms with Crippen LogP contribution in [-0.4, -0.2) is 33.4 Å². The first kappa shape index (κ1) is 28.6. The first-order chi connectivity index (χ1) is 18.9. The molecule has 4 rings (SSSR count). The van der Waals surface area contributed by atoms with E-state index in [2.05, 4.69) is 45.0 Å². The van der Waals surface area contributed by atoms with Crippen molar-refractivity contribution in [1.29, 1.82) is 0 Å². The zero-order chi connectivity index (χ0) is 27.6. The van der Waals surface area contributed by atoms with Crippen molar-refractivity contribution in [2.45, 2.75) is 45.1 Å². The van der Waals surface area contributed by atoms with E-state index in [1.165, 1.54) is 0 Å². The van der Waals surface area contributed by atoms with Crippen LogP contribution in [0.4, 0.5) is 0 Å². The monoisotopic (exact) mass is 538 g/mol. The Morgan fingerprint density at radius 1 is 0.667 bits per heavy atom. The third kappa shape index (κ3) is 7.40. The predicted octanol–water partition coefficient (Wildman–Crippen LogP) is 5.93. The topological polar surface area (TPSA) is 44.8 Å². The van der Waals surface area contributed by atoms with E-state index < -0.39 is 14.4 Å². The van der Waals surface area contributed by atoms with Crippen LogP contribution in [-0.2, 0) is 31.9 Å². The highest BCUT2D eigenvalue weighted by atomic mass is 28.4. The number of carbonyl (C=O) groups is 1. The smallest absolute Gasteiger partial charge is 0.261 e. The van der Waals surface area contributed by atoms with Crippen LogP contribution < -0.4 is 10.4 Å². The Morgan fingerprint density at radius 3 is 1.56 bits per heavy atom. The van der Waals surface area contributed by atoms with Crippen LogP contribution in [0.5, 0.6) is 0 Å². The summed E-state index contributed by atoms with van der Waals surface area (Å²) >= 11 is 0. The number of carbonyl (C=O) groups excluding carboxylic acids is 1. The van der Waals surface area contributed by atoms with Crippen LogP contribution in [0.3, 0.4) is 0 Å². The lowest BCUT2D eigenvalue weighted by atomic mass is 10.2. The Labute approximate surface area is 233 Å². The fourth-order valence-corrected chi connectivity index (χ4v) is 9.41. The maximum Gasteiger partial charge on any atom is 0.261 e. The Kier molecular flexibility index (Phi) is 10.0. The van der Waals surface area contributed by atoms with E-state index in [0.717, 1.165) is 21.5 Å². The molecule has 0 aliphatic carbocycles. The second-order valence-corrected chi connectivity index (χ2v) is 15.0. The Balaban J connectivity index is 1.56. The minimum atomic E-state index is -2.85. The van der Waals surface area contributed by atoms with E-state index in [1.54, 1.807) is 0 Å². The molecule has 1 atom stereocenters. The zero-order valence-corrected chi connectivity index (χ0v) is 24.1. The molecular weight excluding hydrogens is 500 g/mol. The Morgan fingerprint density at radius 2 is 1.10 bits per heavy atom. The molecule has 0 fully saturated rings. The number of hydrogen-bond acceptors (Lipinski definition) is 4. The lowest BCUT2D eigenvalue weighted by molar-refractivity contribution is -0.138. The quantitative estimate of drug-likeness (QED) is 0.198. The highest BCUT2D eigenvalue weighted by Gasteiger charge is 2.50. The summed E-state index contributed by atoms with van der Waals surface area (Å²) in [6.07, 6.45) is -0.743. The lowest BCUT2D eigenvalue weighted by Crippen LogP contribution is -2.67. The standard InChI is InChI=1S/C34H38O4Si/c1-34(2,3)39(30-20-12-6-13-21-30,31-22-14-7-15-23-31)38-26-32(35)33(37-25-29-18-10-5-11-19-29)27-36-24-28-16-8-4-9-17-28/h4-23,33H,24-27H2,1-3H3/t33-/m1/s1. The van der Waals surface area contributed by atoms with Crippen LogP contribution in [0, 0.1) is 0 Å². The maximum absolute atomic E-state index is 13.7. The summed E-state index contributed by atoms with van der Waals surface area (Å²) in [6, 6.07) is 40.5. The highest BCUT2D eigenvalue weighted by molar-refractivity contribution is 6.99. The SMILES string of the molecule is CC(C)(C)[Si](OCC(=O)[C@@H](COCc1ccccc1)OCc1ccccc1)(c1ccccc1)c1ccccc1. The molecule has 0 heterocycles. The molecule has 5 heteroatoms. The van der Waals surface area contributed by atoms with Crippen LogP contribution >= 0.6 is 0 Å². The van der Waals surface area contributed by atoms with Gasteiger partial charge >= 0.3 is 0 Å². The molecule has 0 unspecified atom stereocenters. The molecule has 202 valence electrons. The number of benzene rings is 4. The molecule has 0 bridgehead atoms. The van der Waals surface area contributed by atoms with E-state index in [0.29, 0.717) is 13.2 Å². The van der Waals surface area contributed by atoms with Crippen molar-refractivity contribution in [3.05, 3.63) is 132 Å². The van der Waals surface area contributed by atoms with Gasteiger partial charge in [-0.15, -0.1) is 0 Å². The Hall–Kier alpha value is -3.35. The van der Waals surface area contributed by atoms with Crippen molar-refractivity contribution >= 4 is 24.5 Å². The average Bonchev–Trinajstić information content (AvgIpc) is 2.96.